The van der Waals surface area contributed by atoms with Gasteiger partial charge in [-0.3, -0.25) is 4.90 Å². The van der Waals surface area contributed by atoms with E-state index < -0.39 is 0 Å². The molecule has 0 saturated carbocycles. The lowest BCUT2D eigenvalue weighted by molar-refractivity contribution is 0.0727. The van der Waals surface area contributed by atoms with Gasteiger partial charge in [-0.15, -0.1) is 0 Å². The van der Waals surface area contributed by atoms with Gasteiger partial charge in [0.25, 0.3) is 0 Å². The summed E-state index contributed by atoms with van der Waals surface area (Å²) in [5, 5.41) is 1.17. The fraction of sp³-hybridized carbons (Fsp3) is 0.450. The molecule has 144 valence electrons. The number of nitrogens with zero attached hydrogens (tertiary/aromatic N) is 3. The normalized spacial score (nSPS) is 23.1. The third kappa shape index (κ3) is 4.48. The number of ether oxygens (including phenoxy) is 1. The average Bonchev–Trinajstić information content (AvgIpc) is 2.67. The van der Waals surface area contributed by atoms with E-state index in [1.54, 1.807) is 24.4 Å². The van der Waals surface area contributed by atoms with Gasteiger partial charge in [-0.2, -0.15) is 0 Å². The number of piperidine rings is 1. The molecule has 2 aliphatic heterocycles. The molecule has 2 atom stereocenters. The minimum absolute atomic E-state index is 0.240. The molecule has 2 aromatic rings. The Hall–Kier alpha value is -1.56. The number of benzene rings is 1. The highest BCUT2D eigenvalue weighted by Gasteiger charge is 2.34. The molecule has 4 nitrogen and oxygen atoms in total. The van der Waals surface area contributed by atoms with E-state index in [1.165, 1.54) is 12.1 Å². The third-order valence-electron chi connectivity index (χ3n) is 5.39. The molecule has 1 unspecified atom stereocenters. The summed E-state index contributed by atoms with van der Waals surface area (Å²) in [7, 11) is 0. The summed E-state index contributed by atoms with van der Waals surface area (Å²) in [5.41, 5.74) is 0. The second kappa shape index (κ2) is 8.21. The standard InChI is InChI=1S/C20H22Cl2FN3O/c21-15-9-19(22)20(24-10-15)26-8-7-25-11-14(1-4-17(25)12-26)13-27-18-5-2-16(23)3-6-18/h2-3,5-6,9-10,14,17H,1,4,7-8,11-13H2/t14?,17-/m0/s1. The zero-order valence-corrected chi connectivity index (χ0v) is 16.5. The number of hydrogen-bond donors (Lipinski definition) is 0. The molecule has 0 N–H and O–H groups in total. The molecule has 7 heteroatoms. The number of piperazine rings is 1. The van der Waals surface area contributed by atoms with Crippen molar-refractivity contribution in [3.63, 3.8) is 0 Å². The predicted molar refractivity (Wildman–Crippen MR) is 106 cm³/mol. The van der Waals surface area contributed by atoms with E-state index in [-0.39, 0.29) is 5.82 Å². The van der Waals surface area contributed by atoms with E-state index in [2.05, 4.69) is 14.8 Å². The monoisotopic (exact) mass is 409 g/mol. The lowest BCUT2D eigenvalue weighted by Crippen LogP contribution is -2.57. The number of hydrogen-bond acceptors (Lipinski definition) is 4. The molecule has 0 aliphatic carbocycles. The topological polar surface area (TPSA) is 28.6 Å². The molecule has 1 aromatic heterocycles. The molecule has 3 heterocycles. The molecule has 2 aliphatic rings. The number of rotatable bonds is 4. The molecule has 2 saturated heterocycles. The van der Waals surface area contributed by atoms with E-state index in [4.69, 9.17) is 27.9 Å². The Morgan fingerprint density at radius 1 is 1.11 bits per heavy atom. The van der Waals surface area contributed by atoms with Crippen LogP contribution in [0.2, 0.25) is 10.0 Å². The van der Waals surface area contributed by atoms with Crippen molar-refractivity contribution in [3.8, 4) is 5.75 Å². The van der Waals surface area contributed by atoms with Crippen molar-refractivity contribution in [2.75, 3.05) is 37.7 Å². The second-order valence-corrected chi connectivity index (χ2v) is 8.11. The fourth-order valence-corrected chi connectivity index (χ4v) is 4.47. The van der Waals surface area contributed by atoms with E-state index in [0.29, 0.717) is 28.6 Å². The molecule has 0 radical (unpaired) electrons. The number of aromatic nitrogens is 1. The zero-order chi connectivity index (χ0) is 18.8. The first kappa shape index (κ1) is 18.8. The van der Waals surface area contributed by atoms with Crippen LogP contribution in [0.25, 0.3) is 0 Å². The maximum Gasteiger partial charge on any atom is 0.147 e. The van der Waals surface area contributed by atoms with Gasteiger partial charge in [-0.05, 0) is 43.2 Å². The lowest BCUT2D eigenvalue weighted by Gasteiger charge is -2.46. The van der Waals surface area contributed by atoms with Gasteiger partial charge < -0.3 is 9.64 Å². The van der Waals surface area contributed by atoms with E-state index in [9.17, 15) is 4.39 Å². The largest absolute Gasteiger partial charge is 0.493 e. The lowest BCUT2D eigenvalue weighted by atomic mass is 9.91. The van der Waals surface area contributed by atoms with Crippen molar-refractivity contribution in [3.05, 3.63) is 52.4 Å². The number of halogens is 3. The third-order valence-corrected chi connectivity index (χ3v) is 5.88. The van der Waals surface area contributed by atoms with Gasteiger partial charge in [-0.25, -0.2) is 9.37 Å². The van der Waals surface area contributed by atoms with Crippen LogP contribution in [0.15, 0.2) is 36.5 Å². The SMILES string of the molecule is Fc1ccc(OCC2CC[C@H]3CN(c4ncc(Cl)cc4Cl)CCN3C2)cc1. The molecule has 0 bridgehead atoms. The number of anilines is 1. The van der Waals surface area contributed by atoms with Gasteiger partial charge in [0.05, 0.1) is 16.7 Å². The Labute approximate surface area is 168 Å². The first-order valence-electron chi connectivity index (χ1n) is 9.27. The van der Waals surface area contributed by atoms with Gasteiger partial charge in [-0.1, -0.05) is 23.2 Å². The summed E-state index contributed by atoms with van der Waals surface area (Å²) in [6, 6.07) is 8.49. The van der Waals surface area contributed by atoms with Gasteiger partial charge >= 0.3 is 0 Å². The van der Waals surface area contributed by atoms with Crippen LogP contribution in [-0.4, -0.2) is 48.7 Å². The summed E-state index contributed by atoms with van der Waals surface area (Å²) in [4.78, 5) is 9.22. The average molecular weight is 410 g/mol. The smallest absolute Gasteiger partial charge is 0.147 e. The summed E-state index contributed by atoms with van der Waals surface area (Å²) in [6.45, 7) is 4.51. The maximum atomic E-state index is 13.0. The molecular formula is C20H22Cl2FN3O. The minimum atomic E-state index is -0.240. The van der Waals surface area contributed by atoms with Gasteiger partial charge in [0, 0.05) is 44.3 Å². The highest BCUT2D eigenvalue weighted by Crippen LogP contribution is 2.31. The van der Waals surface area contributed by atoms with E-state index >= 15 is 0 Å². The van der Waals surface area contributed by atoms with Crippen molar-refractivity contribution in [2.24, 2.45) is 5.92 Å². The van der Waals surface area contributed by atoms with Crippen LogP contribution in [0.5, 0.6) is 5.75 Å². The molecular weight excluding hydrogens is 388 g/mol. The first-order valence-corrected chi connectivity index (χ1v) is 10.0. The summed E-state index contributed by atoms with van der Waals surface area (Å²) < 4.78 is 18.8. The van der Waals surface area contributed by atoms with E-state index in [1.807, 2.05) is 0 Å². The second-order valence-electron chi connectivity index (χ2n) is 7.26. The van der Waals surface area contributed by atoms with Crippen molar-refractivity contribution < 1.29 is 9.13 Å². The Morgan fingerprint density at radius 3 is 2.70 bits per heavy atom. The van der Waals surface area contributed by atoms with Crippen molar-refractivity contribution in [1.82, 2.24) is 9.88 Å². The quantitative estimate of drug-likeness (QED) is 0.742. The molecule has 27 heavy (non-hydrogen) atoms. The summed E-state index contributed by atoms with van der Waals surface area (Å²) >= 11 is 12.3. The Balaban J connectivity index is 1.31. The van der Waals surface area contributed by atoms with Crippen molar-refractivity contribution in [1.29, 1.82) is 0 Å². The van der Waals surface area contributed by atoms with Gasteiger partial charge in [0.15, 0.2) is 0 Å². The molecule has 0 amide bonds. The molecule has 1 aromatic carbocycles. The van der Waals surface area contributed by atoms with Crippen LogP contribution in [0, 0.1) is 11.7 Å². The van der Waals surface area contributed by atoms with Crippen LogP contribution in [0.3, 0.4) is 0 Å². The Bertz CT molecular complexity index is 789. The van der Waals surface area contributed by atoms with Crippen LogP contribution in [0.4, 0.5) is 10.2 Å². The Morgan fingerprint density at radius 2 is 1.93 bits per heavy atom. The molecule has 0 spiro atoms. The summed E-state index contributed by atoms with van der Waals surface area (Å²) in [6.07, 6.45) is 3.90. The molecule has 4 rings (SSSR count). The highest BCUT2D eigenvalue weighted by atomic mass is 35.5. The number of fused-ring (bicyclic) bond motifs is 1. The van der Waals surface area contributed by atoms with Crippen LogP contribution >= 0.6 is 23.2 Å². The minimum Gasteiger partial charge on any atom is -0.493 e. The van der Waals surface area contributed by atoms with Crippen molar-refractivity contribution in [2.45, 2.75) is 18.9 Å². The van der Waals surface area contributed by atoms with Crippen LogP contribution < -0.4 is 9.64 Å². The zero-order valence-electron chi connectivity index (χ0n) is 15.0. The first-order chi connectivity index (χ1) is 13.1. The van der Waals surface area contributed by atoms with Crippen LogP contribution in [-0.2, 0) is 0 Å². The Kier molecular flexibility index (Phi) is 5.71. The van der Waals surface area contributed by atoms with Crippen molar-refractivity contribution >= 4 is 29.0 Å². The van der Waals surface area contributed by atoms with Crippen LogP contribution in [0.1, 0.15) is 12.8 Å². The highest BCUT2D eigenvalue weighted by molar-refractivity contribution is 6.36. The van der Waals surface area contributed by atoms with Gasteiger partial charge in [0.1, 0.15) is 17.4 Å². The summed E-state index contributed by atoms with van der Waals surface area (Å²) in [5.74, 6) is 1.81. The fourth-order valence-electron chi connectivity index (χ4n) is 3.97. The number of pyridine rings is 1. The maximum absolute atomic E-state index is 13.0. The van der Waals surface area contributed by atoms with Gasteiger partial charge in [0.2, 0.25) is 0 Å². The predicted octanol–water partition coefficient (Wildman–Crippen LogP) is 4.51. The van der Waals surface area contributed by atoms with E-state index in [0.717, 1.165) is 50.6 Å². The molecule has 2 fully saturated rings.